The van der Waals surface area contributed by atoms with E-state index in [4.69, 9.17) is 4.74 Å². The molecule has 4 aromatic rings. The van der Waals surface area contributed by atoms with Crippen LogP contribution in [0.15, 0.2) is 91.0 Å². The molecule has 0 aliphatic carbocycles. The summed E-state index contributed by atoms with van der Waals surface area (Å²) < 4.78 is 5.81. The molecule has 0 atom stereocenters. The molecule has 0 spiro atoms. The minimum absolute atomic E-state index is 0. The lowest BCUT2D eigenvalue weighted by molar-refractivity contribution is -0.132. The van der Waals surface area contributed by atoms with Crippen molar-refractivity contribution < 1.29 is 27.0 Å². The van der Waals surface area contributed by atoms with Crippen molar-refractivity contribution in [3.63, 3.8) is 0 Å². The van der Waals surface area contributed by atoms with Gasteiger partial charge in [-0.15, -0.1) is 0 Å². The number of benzene rings is 4. The molecule has 0 radical (unpaired) electrons. The molecule has 180 valence electrons. The molecule has 5 heteroatoms. The van der Waals surface area contributed by atoms with Gasteiger partial charge >= 0.3 is 5.97 Å². The van der Waals surface area contributed by atoms with Crippen molar-refractivity contribution in [2.45, 2.75) is 33.9 Å². The number of hydrogen-bond donors (Lipinski definition) is 1. The molecular formula is C30H30ClO3P. The fourth-order valence-corrected chi connectivity index (χ4v) is 8.99. The Morgan fingerprint density at radius 2 is 1.11 bits per heavy atom. The second kappa shape index (κ2) is 11.1. The lowest BCUT2D eigenvalue weighted by Crippen LogP contribution is -3.00. The molecule has 1 N–H and O–H groups in total. The molecule has 4 rings (SSSR count). The van der Waals surface area contributed by atoms with Crippen LogP contribution in [0.3, 0.4) is 0 Å². The van der Waals surface area contributed by atoms with Crippen molar-refractivity contribution in [3.05, 3.63) is 113 Å². The molecule has 3 nitrogen and oxygen atoms in total. The fraction of sp³-hybridized carbons (Fsp3) is 0.167. The van der Waals surface area contributed by atoms with Gasteiger partial charge in [0.05, 0.1) is 0 Å². The quantitative estimate of drug-likeness (QED) is 0.249. The van der Waals surface area contributed by atoms with E-state index in [1.165, 1.54) is 22.8 Å². The van der Waals surface area contributed by atoms with E-state index in [1.54, 1.807) is 0 Å². The van der Waals surface area contributed by atoms with Crippen LogP contribution < -0.4 is 33.1 Å². The molecule has 0 heterocycles. The summed E-state index contributed by atoms with van der Waals surface area (Å²) in [6, 6.07) is 31.7. The van der Waals surface area contributed by atoms with Gasteiger partial charge in [-0.25, -0.2) is 0 Å². The second-order valence-corrected chi connectivity index (χ2v) is 12.1. The zero-order chi connectivity index (χ0) is 24.3. The number of phenolic OH excluding ortho intramolecular Hbond substituents is 1. The number of phenols is 1. The number of hydrogen-bond acceptors (Lipinski definition) is 3. The zero-order valence-electron chi connectivity index (χ0n) is 20.5. The van der Waals surface area contributed by atoms with Gasteiger partial charge in [0.2, 0.25) is 0 Å². The molecule has 4 aromatic carbocycles. The Labute approximate surface area is 214 Å². The van der Waals surface area contributed by atoms with Crippen LogP contribution in [-0.4, -0.2) is 11.1 Å². The van der Waals surface area contributed by atoms with Gasteiger partial charge in [-0.05, 0) is 68.3 Å². The van der Waals surface area contributed by atoms with Gasteiger partial charge in [0.1, 0.15) is 40.8 Å². The summed E-state index contributed by atoms with van der Waals surface area (Å²) in [5.74, 6) is 0.458. The summed E-state index contributed by atoms with van der Waals surface area (Å²) in [6.07, 6.45) is 0.619. The first-order valence-corrected chi connectivity index (χ1v) is 13.4. The van der Waals surface area contributed by atoms with Crippen LogP contribution in [0, 0.1) is 20.8 Å². The van der Waals surface area contributed by atoms with Crippen molar-refractivity contribution in [1.29, 1.82) is 0 Å². The molecule has 35 heavy (non-hydrogen) atoms. The molecule has 0 fully saturated rings. The highest BCUT2D eigenvalue weighted by atomic mass is 35.5. The van der Waals surface area contributed by atoms with E-state index < -0.39 is 7.26 Å². The number of carbonyl (C=O) groups excluding carboxylic acids is 1. The first kappa shape index (κ1) is 26.5. The van der Waals surface area contributed by atoms with Crippen molar-refractivity contribution in [1.82, 2.24) is 0 Å². The largest absolute Gasteiger partial charge is 1.00 e. The molecular weight excluding hydrogens is 475 g/mol. The number of halogens is 1. The van der Waals surface area contributed by atoms with Gasteiger partial charge in [0.25, 0.3) is 0 Å². The molecule has 0 saturated carbocycles. The summed E-state index contributed by atoms with van der Waals surface area (Å²) in [5.41, 5.74) is 3.16. The van der Waals surface area contributed by atoms with Crippen LogP contribution in [0.2, 0.25) is 0 Å². The van der Waals surface area contributed by atoms with Crippen molar-refractivity contribution in [3.8, 4) is 11.5 Å². The van der Waals surface area contributed by atoms with E-state index in [-0.39, 0.29) is 24.1 Å². The van der Waals surface area contributed by atoms with E-state index in [0.717, 1.165) is 22.3 Å². The molecule has 0 amide bonds. The minimum Gasteiger partial charge on any atom is -1.00 e. The Kier molecular flexibility index (Phi) is 8.38. The van der Waals surface area contributed by atoms with Crippen LogP contribution in [0.25, 0.3) is 0 Å². The highest BCUT2D eigenvalue weighted by Gasteiger charge is 2.47. The van der Waals surface area contributed by atoms with Crippen LogP contribution in [0.5, 0.6) is 11.5 Å². The van der Waals surface area contributed by atoms with Gasteiger partial charge < -0.3 is 22.3 Å². The minimum atomic E-state index is -2.23. The predicted octanol–water partition coefficient (Wildman–Crippen LogP) is 2.74. The SMILES string of the molecule is CC(=O)Oc1c(C)c(C)c(O)c(C)c1C[P+](c1ccccc1)(c1ccccc1)c1ccccc1.[Cl-]. The van der Waals surface area contributed by atoms with Crippen LogP contribution in [0.4, 0.5) is 0 Å². The van der Waals surface area contributed by atoms with E-state index in [2.05, 4.69) is 72.8 Å². The van der Waals surface area contributed by atoms with E-state index >= 15 is 0 Å². The van der Waals surface area contributed by atoms with Gasteiger partial charge in [-0.2, -0.15) is 0 Å². The maximum Gasteiger partial charge on any atom is 0.308 e. The Hall–Kier alpha value is -3.13. The number of esters is 1. The Balaban J connectivity index is 0.00000342. The maximum atomic E-state index is 12.1. The number of rotatable bonds is 6. The van der Waals surface area contributed by atoms with Gasteiger partial charge in [-0.1, -0.05) is 54.6 Å². The molecule has 0 aromatic heterocycles. The van der Waals surface area contributed by atoms with Gasteiger partial charge in [0.15, 0.2) is 0 Å². The van der Waals surface area contributed by atoms with E-state index in [1.807, 2.05) is 39.0 Å². The third-order valence-electron chi connectivity index (χ3n) is 6.57. The fourth-order valence-electron chi connectivity index (χ4n) is 4.65. The summed E-state index contributed by atoms with van der Waals surface area (Å²) in [6.45, 7) is 7.11. The van der Waals surface area contributed by atoms with Crippen molar-refractivity contribution in [2.24, 2.45) is 0 Å². The van der Waals surface area contributed by atoms with Gasteiger partial charge in [-0.3, -0.25) is 4.79 Å². The maximum absolute atomic E-state index is 12.1. The molecule has 0 aliphatic heterocycles. The average Bonchev–Trinajstić information content (AvgIpc) is 2.87. The summed E-state index contributed by atoms with van der Waals surface area (Å²) in [4.78, 5) is 12.1. The van der Waals surface area contributed by atoms with Crippen LogP contribution in [0.1, 0.15) is 29.2 Å². The number of aromatic hydroxyl groups is 1. The monoisotopic (exact) mass is 504 g/mol. The standard InChI is InChI=1S/C30H29O3P.ClH/c1-21-22(2)30(33-24(4)31)28(23(3)29(21)32)20-34(25-14-8-5-9-15-25,26-16-10-6-11-17-26)27-18-12-7-13-19-27;/h5-19H,20H2,1-4H3;1H. The Morgan fingerprint density at radius 1 is 0.714 bits per heavy atom. The highest BCUT2D eigenvalue weighted by molar-refractivity contribution is 7.95. The predicted molar refractivity (Wildman–Crippen MR) is 142 cm³/mol. The third kappa shape index (κ3) is 4.98. The first-order chi connectivity index (χ1) is 16.4. The first-order valence-electron chi connectivity index (χ1n) is 11.4. The third-order valence-corrected chi connectivity index (χ3v) is 10.9. The average molecular weight is 505 g/mol. The van der Waals surface area contributed by atoms with Crippen molar-refractivity contribution in [2.75, 3.05) is 0 Å². The molecule has 0 bridgehead atoms. The zero-order valence-corrected chi connectivity index (χ0v) is 22.1. The van der Waals surface area contributed by atoms with Crippen LogP contribution >= 0.6 is 7.26 Å². The number of ether oxygens (including phenoxy) is 1. The van der Waals surface area contributed by atoms with E-state index in [9.17, 15) is 9.90 Å². The molecule has 0 unspecified atom stereocenters. The topological polar surface area (TPSA) is 46.5 Å². The summed E-state index contributed by atoms with van der Waals surface area (Å²) in [5, 5.41) is 14.7. The molecule has 0 aliphatic rings. The van der Waals surface area contributed by atoms with Crippen LogP contribution in [-0.2, 0) is 11.0 Å². The summed E-state index contributed by atoms with van der Waals surface area (Å²) in [7, 11) is -2.23. The smallest absolute Gasteiger partial charge is 0.308 e. The highest BCUT2D eigenvalue weighted by Crippen LogP contribution is 2.60. The van der Waals surface area contributed by atoms with E-state index in [0.29, 0.717) is 11.9 Å². The lowest BCUT2D eigenvalue weighted by atomic mass is 9.98. The lowest BCUT2D eigenvalue weighted by Gasteiger charge is -2.29. The van der Waals surface area contributed by atoms with Gasteiger partial charge in [0, 0.05) is 18.1 Å². The second-order valence-electron chi connectivity index (χ2n) is 8.60. The number of carbonyl (C=O) groups is 1. The Bertz CT molecular complexity index is 1210. The molecule has 0 saturated heterocycles. The Morgan fingerprint density at radius 3 is 1.49 bits per heavy atom. The summed E-state index contributed by atoms with van der Waals surface area (Å²) >= 11 is 0. The normalized spacial score (nSPS) is 11.0. The van der Waals surface area contributed by atoms with Crippen molar-refractivity contribution >= 4 is 29.1 Å².